The largest absolute Gasteiger partial charge is 0.480 e. The first-order valence-electron chi connectivity index (χ1n) is 6.20. The van der Waals surface area contributed by atoms with Gasteiger partial charge in [-0.1, -0.05) is 6.92 Å². The van der Waals surface area contributed by atoms with Crippen LogP contribution in [0.5, 0.6) is 0 Å². The van der Waals surface area contributed by atoms with Crippen LogP contribution in [0.3, 0.4) is 0 Å². The standard InChI is InChI=1S/C12H19N3O3S2/c1-8(10-13-4-6-20-10)7-14-12(18)15-9(11(16)17)3-5-19-2/h4,6,8-9H,3,5,7H2,1-2H3,(H,16,17)(H2,14,15,18). The summed E-state index contributed by atoms with van der Waals surface area (Å²) in [5, 5.41) is 17.0. The Kier molecular flexibility index (Phi) is 7.38. The van der Waals surface area contributed by atoms with Crippen molar-refractivity contribution in [3.05, 3.63) is 16.6 Å². The van der Waals surface area contributed by atoms with Crippen molar-refractivity contribution < 1.29 is 14.7 Å². The Morgan fingerprint density at radius 3 is 2.85 bits per heavy atom. The second kappa shape index (κ2) is 8.80. The van der Waals surface area contributed by atoms with E-state index in [4.69, 9.17) is 5.11 Å². The van der Waals surface area contributed by atoms with Gasteiger partial charge in [0.1, 0.15) is 6.04 Å². The van der Waals surface area contributed by atoms with Gasteiger partial charge in [0.05, 0.1) is 5.01 Å². The number of urea groups is 1. The molecule has 0 saturated heterocycles. The lowest BCUT2D eigenvalue weighted by Gasteiger charge is -2.16. The van der Waals surface area contributed by atoms with Gasteiger partial charge in [0.25, 0.3) is 0 Å². The molecule has 0 radical (unpaired) electrons. The van der Waals surface area contributed by atoms with Gasteiger partial charge in [-0.15, -0.1) is 11.3 Å². The number of carbonyl (C=O) groups is 2. The molecule has 0 aliphatic rings. The Labute approximate surface area is 126 Å². The van der Waals surface area contributed by atoms with Crippen molar-refractivity contribution in [3.8, 4) is 0 Å². The second-order valence-electron chi connectivity index (χ2n) is 4.30. The molecule has 0 spiro atoms. The topological polar surface area (TPSA) is 91.3 Å². The molecule has 0 aliphatic heterocycles. The number of aromatic nitrogens is 1. The minimum absolute atomic E-state index is 0.107. The zero-order valence-corrected chi connectivity index (χ0v) is 13.1. The third kappa shape index (κ3) is 5.79. The number of aliphatic carboxylic acids is 1. The maximum Gasteiger partial charge on any atom is 0.326 e. The molecule has 0 aromatic carbocycles. The molecule has 2 amide bonds. The first-order chi connectivity index (χ1) is 9.54. The number of carboxylic acid groups (broad SMARTS) is 1. The Bertz CT molecular complexity index is 426. The zero-order valence-electron chi connectivity index (χ0n) is 11.5. The average Bonchev–Trinajstić information content (AvgIpc) is 2.94. The van der Waals surface area contributed by atoms with Crippen LogP contribution in [0.1, 0.15) is 24.3 Å². The van der Waals surface area contributed by atoms with Crippen molar-refractivity contribution in [3.63, 3.8) is 0 Å². The van der Waals surface area contributed by atoms with Gasteiger partial charge in [0, 0.05) is 24.0 Å². The van der Waals surface area contributed by atoms with E-state index in [-0.39, 0.29) is 5.92 Å². The average molecular weight is 317 g/mol. The molecule has 6 nitrogen and oxygen atoms in total. The highest BCUT2D eigenvalue weighted by Crippen LogP contribution is 2.16. The SMILES string of the molecule is CSCCC(NC(=O)NCC(C)c1nccs1)C(=O)O. The molecule has 2 atom stereocenters. The molecule has 1 aromatic heterocycles. The lowest BCUT2D eigenvalue weighted by Crippen LogP contribution is -2.47. The van der Waals surface area contributed by atoms with Gasteiger partial charge in [0.15, 0.2) is 0 Å². The van der Waals surface area contributed by atoms with Crippen LogP contribution in [-0.2, 0) is 4.79 Å². The summed E-state index contributed by atoms with van der Waals surface area (Å²) in [6.07, 6.45) is 4.03. The molecule has 2 unspecified atom stereocenters. The first kappa shape index (κ1) is 16.8. The summed E-state index contributed by atoms with van der Waals surface area (Å²) in [4.78, 5) is 26.9. The maximum atomic E-state index is 11.7. The van der Waals surface area contributed by atoms with E-state index in [2.05, 4.69) is 15.6 Å². The fourth-order valence-electron chi connectivity index (χ4n) is 1.51. The number of nitrogens with one attached hydrogen (secondary N) is 2. The molecule has 3 N–H and O–H groups in total. The first-order valence-corrected chi connectivity index (χ1v) is 8.47. The van der Waals surface area contributed by atoms with Gasteiger partial charge < -0.3 is 15.7 Å². The molecular weight excluding hydrogens is 298 g/mol. The van der Waals surface area contributed by atoms with E-state index >= 15 is 0 Å². The third-order valence-corrected chi connectivity index (χ3v) is 4.31. The highest BCUT2D eigenvalue weighted by atomic mass is 32.2. The summed E-state index contributed by atoms with van der Waals surface area (Å²) in [6.45, 7) is 2.38. The van der Waals surface area contributed by atoms with E-state index in [1.807, 2.05) is 18.6 Å². The number of hydrogen-bond acceptors (Lipinski definition) is 5. The van der Waals surface area contributed by atoms with Gasteiger partial charge in [-0.2, -0.15) is 11.8 Å². The number of thioether (sulfide) groups is 1. The smallest absolute Gasteiger partial charge is 0.326 e. The molecule has 0 fully saturated rings. The molecule has 0 bridgehead atoms. The van der Waals surface area contributed by atoms with E-state index in [0.717, 1.165) is 5.01 Å². The van der Waals surface area contributed by atoms with E-state index < -0.39 is 18.0 Å². The van der Waals surface area contributed by atoms with E-state index in [9.17, 15) is 9.59 Å². The van der Waals surface area contributed by atoms with E-state index in [1.165, 1.54) is 11.3 Å². The lowest BCUT2D eigenvalue weighted by atomic mass is 10.2. The number of rotatable bonds is 8. The Hall–Kier alpha value is -1.28. The van der Waals surface area contributed by atoms with Gasteiger partial charge >= 0.3 is 12.0 Å². The molecule has 8 heteroatoms. The van der Waals surface area contributed by atoms with Gasteiger partial charge in [-0.05, 0) is 18.4 Å². The van der Waals surface area contributed by atoms with Gasteiger partial charge in [-0.25, -0.2) is 14.6 Å². The molecule has 112 valence electrons. The zero-order chi connectivity index (χ0) is 15.0. The van der Waals surface area contributed by atoms with Crippen molar-refractivity contribution in [2.75, 3.05) is 18.6 Å². The van der Waals surface area contributed by atoms with Crippen molar-refractivity contribution in [2.24, 2.45) is 0 Å². The van der Waals surface area contributed by atoms with Crippen molar-refractivity contribution in [2.45, 2.75) is 25.3 Å². The Morgan fingerprint density at radius 2 is 2.30 bits per heavy atom. The minimum atomic E-state index is -1.01. The number of nitrogens with zero attached hydrogens (tertiary/aromatic N) is 1. The van der Waals surface area contributed by atoms with Crippen LogP contribution in [0.4, 0.5) is 4.79 Å². The quantitative estimate of drug-likeness (QED) is 0.679. The van der Waals surface area contributed by atoms with Crippen LogP contribution in [0.15, 0.2) is 11.6 Å². The van der Waals surface area contributed by atoms with Crippen molar-refractivity contribution in [1.29, 1.82) is 0 Å². The Morgan fingerprint density at radius 1 is 1.55 bits per heavy atom. The summed E-state index contributed by atoms with van der Waals surface area (Å²) >= 11 is 3.08. The maximum absolute atomic E-state index is 11.7. The van der Waals surface area contributed by atoms with Crippen LogP contribution in [0.2, 0.25) is 0 Å². The van der Waals surface area contributed by atoms with Crippen molar-refractivity contribution in [1.82, 2.24) is 15.6 Å². The number of amides is 2. The van der Waals surface area contributed by atoms with Crippen LogP contribution in [0.25, 0.3) is 0 Å². The van der Waals surface area contributed by atoms with Crippen LogP contribution in [0, 0.1) is 0 Å². The molecule has 1 heterocycles. The molecular formula is C12H19N3O3S2. The van der Waals surface area contributed by atoms with Gasteiger partial charge in [0.2, 0.25) is 0 Å². The minimum Gasteiger partial charge on any atom is -0.480 e. The Balaban J connectivity index is 2.36. The number of carboxylic acids is 1. The summed E-state index contributed by atoms with van der Waals surface area (Å²) in [6, 6.07) is -1.31. The molecule has 0 aliphatic carbocycles. The fraction of sp³-hybridized carbons (Fsp3) is 0.583. The van der Waals surface area contributed by atoms with Crippen LogP contribution < -0.4 is 10.6 Å². The molecule has 20 heavy (non-hydrogen) atoms. The molecule has 1 aromatic rings. The van der Waals surface area contributed by atoms with E-state index in [0.29, 0.717) is 18.7 Å². The summed E-state index contributed by atoms with van der Waals surface area (Å²) in [5.41, 5.74) is 0. The predicted octanol–water partition coefficient (Wildman–Crippen LogP) is 1.75. The fourth-order valence-corrected chi connectivity index (χ4v) is 2.68. The highest BCUT2D eigenvalue weighted by molar-refractivity contribution is 7.98. The second-order valence-corrected chi connectivity index (χ2v) is 6.21. The van der Waals surface area contributed by atoms with Crippen LogP contribution in [-0.4, -0.2) is 46.7 Å². The van der Waals surface area contributed by atoms with Gasteiger partial charge in [-0.3, -0.25) is 0 Å². The highest BCUT2D eigenvalue weighted by Gasteiger charge is 2.19. The number of thiazole rings is 1. The molecule has 1 rings (SSSR count). The van der Waals surface area contributed by atoms with Crippen molar-refractivity contribution >= 4 is 35.1 Å². The van der Waals surface area contributed by atoms with E-state index in [1.54, 1.807) is 18.0 Å². The number of hydrogen-bond donors (Lipinski definition) is 3. The third-order valence-electron chi connectivity index (χ3n) is 2.66. The van der Waals surface area contributed by atoms with Crippen LogP contribution >= 0.6 is 23.1 Å². The molecule has 0 saturated carbocycles. The monoisotopic (exact) mass is 317 g/mol. The predicted molar refractivity (Wildman–Crippen MR) is 81.5 cm³/mol. The summed E-state index contributed by atoms with van der Waals surface area (Å²) in [7, 11) is 0. The number of carbonyl (C=O) groups excluding carboxylic acids is 1. The summed E-state index contributed by atoms with van der Waals surface area (Å²) < 4.78 is 0. The lowest BCUT2D eigenvalue weighted by molar-refractivity contribution is -0.139. The summed E-state index contributed by atoms with van der Waals surface area (Å²) in [5.74, 6) is -0.218. The normalized spacial score (nSPS) is 13.5.